The van der Waals surface area contributed by atoms with Crippen LogP contribution in [-0.2, 0) is 12.7 Å². The summed E-state index contributed by atoms with van der Waals surface area (Å²) in [6.07, 6.45) is -4.92. The van der Waals surface area contributed by atoms with Gasteiger partial charge in [-0.15, -0.1) is 0 Å². The molecule has 5 nitrogen and oxygen atoms in total. The summed E-state index contributed by atoms with van der Waals surface area (Å²) in [4.78, 5) is 17.5. The van der Waals surface area contributed by atoms with Gasteiger partial charge < -0.3 is 9.09 Å². The van der Waals surface area contributed by atoms with Crippen molar-refractivity contribution in [1.82, 2.24) is 14.7 Å². The highest BCUT2D eigenvalue weighted by molar-refractivity contribution is 6.35. The van der Waals surface area contributed by atoms with E-state index < -0.39 is 29.0 Å². The lowest BCUT2D eigenvalue weighted by molar-refractivity contribution is -0.143. The zero-order valence-electron chi connectivity index (χ0n) is 18.0. The first-order chi connectivity index (χ1) is 17.1. The predicted molar refractivity (Wildman–Crippen MR) is 131 cm³/mol. The summed E-state index contributed by atoms with van der Waals surface area (Å²) in [5.74, 6) is -1.56. The van der Waals surface area contributed by atoms with Gasteiger partial charge in [0.2, 0.25) is 11.6 Å². The van der Waals surface area contributed by atoms with Crippen LogP contribution in [0.1, 0.15) is 27.4 Å². The maximum Gasteiger partial charge on any atom is 0.432 e. The first-order valence-electron chi connectivity index (χ1n) is 10.4. The van der Waals surface area contributed by atoms with Gasteiger partial charge in [-0.25, -0.2) is 0 Å². The van der Waals surface area contributed by atoms with Crippen molar-refractivity contribution in [3.8, 4) is 11.5 Å². The van der Waals surface area contributed by atoms with Gasteiger partial charge in [0.1, 0.15) is 5.69 Å². The first-order valence-corrected chi connectivity index (χ1v) is 11.5. The number of hydrogen-bond acceptors (Lipinski definition) is 4. The van der Waals surface area contributed by atoms with Gasteiger partial charge in [-0.05, 0) is 48.0 Å². The van der Waals surface area contributed by atoms with E-state index in [1.54, 1.807) is 30.3 Å². The molecule has 2 aromatic heterocycles. The third-order valence-corrected chi connectivity index (χ3v) is 6.34. The Labute approximate surface area is 217 Å². The number of alkyl halides is 3. The fourth-order valence-electron chi connectivity index (χ4n) is 3.96. The van der Waals surface area contributed by atoms with Crippen molar-refractivity contribution in [3.63, 3.8) is 0 Å². The molecule has 0 N–H and O–H groups in total. The van der Waals surface area contributed by atoms with Crippen molar-refractivity contribution in [1.29, 1.82) is 0 Å². The Balaban J connectivity index is 1.71. The zero-order valence-corrected chi connectivity index (χ0v) is 20.3. The molecule has 0 saturated heterocycles. The SMILES string of the molecule is O=C(c1noc(-c2ccccc2)n1)c1c(C(F)(F)F)n(Cc2ccc(Cl)cc2Cl)c2ccc(Cl)cc12. The van der Waals surface area contributed by atoms with Crippen molar-refractivity contribution >= 4 is 51.5 Å². The quantitative estimate of drug-likeness (QED) is 0.208. The molecule has 0 amide bonds. The van der Waals surface area contributed by atoms with Crippen LogP contribution in [0.25, 0.3) is 22.4 Å². The maximum absolute atomic E-state index is 14.5. The molecule has 2 heterocycles. The largest absolute Gasteiger partial charge is 0.432 e. The van der Waals surface area contributed by atoms with Gasteiger partial charge in [0, 0.05) is 38.1 Å². The van der Waals surface area contributed by atoms with Crippen LogP contribution in [0.3, 0.4) is 0 Å². The maximum atomic E-state index is 14.5. The molecule has 0 aliphatic heterocycles. The predicted octanol–water partition coefficient (Wildman–Crippen LogP) is 7.95. The summed E-state index contributed by atoms with van der Waals surface area (Å²) in [5, 5.41) is 4.34. The Morgan fingerprint density at radius 2 is 1.64 bits per heavy atom. The molecule has 5 rings (SSSR count). The number of halogens is 6. The van der Waals surface area contributed by atoms with E-state index in [1.165, 1.54) is 36.4 Å². The van der Waals surface area contributed by atoms with Crippen LogP contribution in [0.2, 0.25) is 15.1 Å². The molecule has 0 bridgehead atoms. The van der Waals surface area contributed by atoms with E-state index in [9.17, 15) is 18.0 Å². The van der Waals surface area contributed by atoms with Gasteiger partial charge in [0.15, 0.2) is 0 Å². The minimum Gasteiger partial charge on any atom is -0.333 e. The summed E-state index contributed by atoms with van der Waals surface area (Å²) in [7, 11) is 0. The second-order valence-electron chi connectivity index (χ2n) is 7.82. The number of nitrogens with zero attached hydrogens (tertiary/aromatic N) is 3. The molecule has 0 atom stereocenters. The van der Waals surface area contributed by atoms with Crippen molar-refractivity contribution in [2.45, 2.75) is 12.7 Å². The molecule has 182 valence electrons. The van der Waals surface area contributed by atoms with E-state index >= 15 is 0 Å². The van der Waals surface area contributed by atoms with Crippen LogP contribution in [-0.4, -0.2) is 20.5 Å². The summed E-state index contributed by atoms with van der Waals surface area (Å²) < 4.78 is 49.7. The first kappa shape index (κ1) is 24.4. The highest BCUT2D eigenvalue weighted by Gasteiger charge is 2.42. The van der Waals surface area contributed by atoms with Crippen molar-refractivity contribution < 1.29 is 22.5 Å². The van der Waals surface area contributed by atoms with Gasteiger partial charge in [0.05, 0.1) is 5.56 Å². The molecule has 0 spiro atoms. The molecule has 0 aliphatic carbocycles. The summed E-state index contributed by atoms with van der Waals surface area (Å²) in [6.45, 7) is -0.280. The molecule has 36 heavy (non-hydrogen) atoms. The summed E-state index contributed by atoms with van der Waals surface area (Å²) >= 11 is 18.3. The van der Waals surface area contributed by atoms with Crippen LogP contribution in [0.15, 0.2) is 71.3 Å². The van der Waals surface area contributed by atoms with E-state index in [0.29, 0.717) is 16.1 Å². The number of carbonyl (C=O) groups is 1. The van der Waals surface area contributed by atoms with E-state index in [4.69, 9.17) is 39.3 Å². The smallest absolute Gasteiger partial charge is 0.333 e. The summed E-state index contributed by atoms with van der Waals surface area (Å²) in [5.41, 5.74) is -0.786. The minimum absolute atomic E-state index is 0.00206. The fraction of sp³-hybridized carbons (Fsp3) is 0.0800. The van der Waals surface area contributed by atoms with E-state index in [1.807, 2.05) is 0 Å². The molecule has 5 aromatic rings. The molecule has 0 fully saturated rings. The average molecular weight is 551 g/mol. The third kappa shape index (κ3) is 4.48. The average Bonchev–Trinajstić information content (AvgIpc) is 3.44. The normalized spacial score (nSPS) is 11.8. The second kappa shape index (κ2) is 9.28. The van der Waals surface area contributed by atoms with Gasteiger partial charge in [0.25, 0.3) is 5.89 Å². The number of aromatic nitrogens is 3. The molecule has 0 unspecified atom stereocenters. The standard InChI is InChI=1S/C25H13Cl3F3N3O2/c26-15-8-9-19-17(10-15)20(21(35)23-32-24(36-33-23)13-4-2-1-3-5-13)22(25(29,30)31)34(19)12-14-6-7-16(27)11-18(14)28/h1-11H,12H2. The Morgan fingerprint density at radius 3 is 2.33 bits per heavy atom. The van der Waals surface area contributed by atoms with Gasteiger partial charge in [-0.1, -0.05) is 64.2 Å². The molecule has 0 radical (unpaired) electrons. The number of ketones is 1. The minimum atomic E-state index is -4.92. The van der Waals surface area contributed by atoms with Crippen molar-refractivity contribution in [2.24, 2.45) is 0 Å². The van der Waals surface area contributed by atoms with Crippen molar-refractivity contribution in [3.05, 3.63) is 104 Å². The zero-order chi connectivity index (χ0) is 25.6. The number of hydrogen-bond donors (Lipinski definition) is 0. The molecule has 3 aromatic carbocycles. The molecule has 0 aliphatic rings. The molecular weight excluding hydrogens is 538 g/mol. The van der Waals surface area contributed by atoms with Crippen molar-refractivity contribution in [2.75, 3.05) is 0 Å². The Hall–Kier alpha value is -3.33. The molecular formula is C25H13Cl3F3N3O2. The van der Waals surface area contributed by atoms with Crippen LogP contribution in [0.5, 0.6) is 0 Å². The lowest BCUT2D eigenvalue weighted by atomic mass is 10.1. The Kier molecular flexibility index (Phi) is 6.28. The number of rotatable bonds is 5. The monoisotopic (exact) mass is 549 g/mol. The van der Waals surface area contributed by atoms with E-state index in [0.717, 1.165) is 4.57 Å². The Morgan fingerprint density at radius 1 is 0.944 bits per heavy atom. The van der Waals surface area contributed by atoms with Crippen LogP contribution < -0.4 is 0 Å². The van der Waals surface area contributed by atoms with Crippen LogP contribution in [0, 0.1) is 0 Å². The van der Waals surface area contributed by atoms with Crippen LogP contribution in [0.4, 0.5) is 13.2 Å². The molecule has 0 saturated carbocycles. The van der Waals surface area contributed by atoms with Crippen LogP contribution >= 0.6 is 34.8 Å². The second-order valence-corrected chi connectivity index (χ2v) is 9.10. The van der Waals surface area contributed by atoms with Gasteiger partial charge in [-0.3, -0.25) is 4.79 Å². The highest BCUT2D eigenvalue weighted by Crippen LogP contribution is 2.41. The van der Waals surface area contributed by atoms with E-state index in [2.05, 4.69) is 10.1 Å². The van der Waals surface area contributed by atoms with E-state index in [-0.39, 0.29) is 33.4 Å². The number of fused-ring (bicyclic) bond motifs is 1. The highest BCUT2D eigenvalue weighted by atomic mass is 35.5. The fourth-order valence-corrected chi connectivity index (χ4v) is 4.60. The topological polar surface area (TPSA) is 60.9 Å². The summed E-state index contributed by atoms with van der Waals surface area (Å²) in [6, 6.07) is 17.2. The van der Waals surface area contributed by atoms with Gasteiger partial charge >= 0.3 is 6.18 Å². The lowest BCUT2D eigenvalue weighted by Crippen LogP contribution is -2.19. The number of carbonyl (C=O) groups excluding carboxylic acids is 1. The molecule has 11 heteroatoms. The third-order valence-electron chi connectivity index (χ3n) is 5.51. The number of benzene rings is 3. The Bertz CT molecular complexity index is 1610. The lowest BCUT2D eigenvalue weighted by Gasteiger charge is -2.15. The van der Waals surface area contributed by atoms with Gasteiger partial charge in [-0.2, -0.15) is 18.2 Å².